The Morgan fingerprint density at radius 1 is 1.13 bits per heavy atom. The Balaban J connectivity index is 1.59. The highest BCUT2D eigenvalue weighted by atomic mass is 35.5. The molecule has 0 aliphatic rings. The number of nitrogens with two attached hydrogens (primary N) is 1. The molecule has 1 aromatic heterocycles. The predicted octanol–water partition coefficient (Wildman–Crippen LogP) is 4.90. The average molecular weight is 432 g/mol. The summed E-state index contributed by atoms with van der Waals surface area (Å²) >= 11 is 7.42. The van der Waals surface area contributed by atoms with Gasteiger partial charge in [0.2, 0.25) is 11.9 Å². The second-order valence-corrected chi connectivity index (χ2v) is 7.71. The second-order valence-electron chi connectivity index (χ2n) is 6.34. The zero-order valence-corrected chi connectivity index (χ0v) is 17.1. The first-order chi connectivity index (χ1) is 14.6. The fourth-order valence-electron chi connectivity index (χ4n) is 2.92. The van der Waals surface area contributed by atoms with Crippen LogP contribution in [-0.4, -0.2) is 14.2 Å². The molecule has 0 fully saturated rings. The maximum absolute atomic E-state index is 8.98. The van der Waals surface area contributed by atoms with Gasteiger partial charge in [-0.25, -0.2) is 0 Å². The quantitative estimate of drug-likeness (QED) is 0.461. The number of aromatic nitrogens is 3. The molecule has 3 N–H and O–H groups in total. The number of halogens is 1. The molecule has 0 radical (unpaired) electrons. The Morgan fingerprint density at radius 3 is 2.77 bits per heavy atom. The number of rotatable bonds is 5. The lowest BCUT2D eigenvalue weighted by Crippen LogP contribution is -1.97. The van der Waals surface area contributed by atoms with Crippen molar-refractivity contribution in [3.8, 4) is 12.1 Å². The van der Waals surface area contributed by atoms with E-state index in [2.05, 4.69) is 21.5 Å². The summed E-state index contributed by atoms with van der Waals surface area (Å²) in [5.74, 6) is 0.553. The van der Waals surface area contributed by atoms with Crippen LogP contribution in [0.2, 0.25) is 5.02 Å². The summed E-state index contributed by atoms with van der Waals surface area (Å²) in [5.41, 5.74) is 8.06. The van der Waals surface area contributed by atoms with Crippen LogP contribution in [-0.2, 0) is 6.42 Å². The van der Waals surface area contributed by atoms with E-state index in [0.29, 0.717) is 28.6 Å². The van der Waals surface area contributed by atoms with Gasteiger partial charge >= 0.3 is 0 Å². The maximum Gasteiger partial charge on any atom is 0.249 e. The summed E-state index contributed by atoms with van der Waals surface area (Å²) in [6.45, 7) is 0. The Bertz CT molecular complexity index is 1330. The van der Waals surface area contributed by atoms with Gasteiger partial charge in [-0.1, -0.05) is 41.9 Å². The highest BCUT2D eigenvalue weighted by Gasteiger charge is 2.12. The molecule has 0 bridgehead atoms. The first kappa shape index (κ1) is 19.6. The molecule has 0 saturated heterocycles. The molecule has 0 atom stereocenters. The summed E-state index contributed by atoms with van der Waals surface area (Å²) in [7, 11) is 0. The van der Waals surface area contributed by atoms with Crippen molar-refractivity contribution in [2.24, 2.45) is 0 Å². The smallest absolute Gasteiger partial charge is 0.249 e. The molecule has 0 aliphatic carbocycles. The second kappa shape index (κ2) is 8.34. The van der Waals surface area contributed by atoms with Crippen LogP contribution in [0.4, 0.5) is 17.6 Å². The molecule has 0 spiro atoms. The Morgan fingerprint density at radius 2 is 2.00 bits per heavy atom. The van der Waals surface area contributed by atoms with Gasteiger partial charge in [-0.05, 0) is 40.6 Å². The lowest BCUT2D eigenvalue weighted by atomic mass is 10.1. The highest BCUT2D eigenvalue weighted by Crippen LogP contribution is 2.31. The van der Waals surface area contributed by atoms with E-state index in [-0.39, 0.29) is 5.95 Å². The van der Waals surface area contributed by atoms with Gasteiger partial charge in [-0.15, -0.1) is 5.10 Å². The van der Waals surface area contributed by atoms with Gasteiger partial charge in [-0.2, -0.15) is 19.6 Å². The van der Waals surface area contributed by atoms with E-state index in [4.69, 9.17) is 27.9 Å². The van der Waals surface area contributed by atoms with Gasteiger partial charge < -0.3 is 11.1 Å². The third-order valence-electron chi connectivity index (χ3n) is 4.32. The fourth-order valence-corrected chi connectivity index (χ4v) is 4.01. The van der Waals surface area contributed by atoms with Gasteiger partial charge in [0.15, 0.2) is 0 Å². The molecular formula is C21H14ClN7S. The van der Waals surface area contributed by atoms with Crippen molar-refractivity contribution in [3.05, 3.63) is 70.7 Å². The van der Waals surface area contributed by atoms with Crippen molar-refractivity contribution in [1.29, 1.82) is 10.5 Å². The van der Waals surface area contributed by atoms with E-state index in [0.717, 1.165) is 21.2 Å². The highest BCUT2D eigenvalue weighted by molar-refractivity contribution is 7.98. The van der Waals surface area contributed by atoms with E-state index in [9.17, 15) is 0 Å². The number of fused-ring (bicyclic) bond motifs is 1. The summed E-state index contributed by atoms with van der Waals surface area (Å²) < 4.78 is 1.53. The van der Waals surface area contributed by atoms with Crippen LogP contribution in [0.15, 0.2) is 59.5 Å². The number of nitrogen functional groups attached to an aromatic ring is 1. The summed E-state index contributed by atoms with van der Waals surface area (Å²) in [4.78, 5) is 5.21. The van der Waals surface area contributed by atoms with Gasteiger partial charge in [-0.3, -0.25) is 0 Å². The molecule has 0 amide bonds. The van der Waals surface area contributed by atoms with Crippen LogP contribution >= 0.6 is 23.5 Å². The number of hydrogen-bond donors (Lipinski definition) is 2. The molecule has 9 heteroatoms. The van der Waals surface area contributed by atoms with Crippen molar-refractivity contribution in [2.45, 2.75) is 11.3 Å². The predicted molar refractivity (Wildman–Crippen MR) is 118 cm³/mol. The largest absolute Gasteiger partial charge is 0.367 e. The van der Waals surface area contributed by atoms with Crippen molar-refractivity contribution in [1.82, 2.24) is 14.2 Å². The Labute approximate surface area is 181 Å². The van der Waals surface area contributed by atoms with Crippen LogP contribution in [0.5, 0.6) is 0 Å². The molecule has 30 heavy (non-hydrogen) atoms. The monoisotopic (exact) mass is 431 g/mol. The average Bonchev–Trinajstić information content (AvgIpc) is 3.07. The Kier molecular flexibility index (Phi) is 5.44. The van der Waals surface area contributed by atoms with Crippen LogP contribution in [0, 0.1) is 22.7 Å². The topological polar surface area (TPSA) is 116 Å². The summed E-state index contributed by atoms with van der Waals surface area (Å²) in [6, 6.07) is 21.0. The summed E-state index contributed by atoms with van der Waals surface area (Å²) in [5, 5.41) is 27.8. The van der Waals surface area contributed by atoms with E-state index < -0.39 is 0 Å². The molecule has 0 aliphatic heterocycles. The van der Waals surface area contributed by atoms with Crippen LogP contribution in [0.3, 0.4) is 0 Å². The minimum absolute atomic E-state index is 0.236. The standard InChI is InChI=1S/C21H14ClN7S/c22-18-11-16(6-5-15(18)12-24)26-21-27-20(25)29(28-21)30-19-3-1-2-14-10-13(8-9-23)4-7-17(14)19/h1-7,10-11H,8H2,(H3,25,26,27,28). The molecular weight excluding hydrogens is 418 g/mol. The van der Waals surface area contributed by atoms with E-state index in [1.54, 1.807) is 18.2 Å². The third kappa shape index (κ3) is 4.01. The van der Waals surface area contributed by atoms with E-state index in [1.165, 1.54) is 16.0 Å². The minimum atomic E-state index is 0.236. The minimum Gasteiger partial charge on any atom is -0.367 e. The summed E-state index contributed by atoms with van der Waals surface area (Å²) in [6.07, 6.45) is 0.373. The van der Waals surface area contributed by atoms with E-state index >= 15 is 0 Å². The number of hydrogen-bond acceptors (Lipinski definition) is 7. The normalized spacial score (nSPS) is 10.5. The van der Waals surface area contributed by atoms with Crippen LogP contribution in [0.1, 0.15) is 11.1 Å². The molecule has 7 nitrogen and oxygen atoms in total. The number of nitrogens with one attached hydrogen (secondary N) is 1. The number of anilines is 3. The van der Waals surface area contributed by atoms with Crippen LogP contribution in [0.25, 0.3) is 10.8 Å². The SMILES string of the molecule is N#CCc1ccc2c(Sn3nc(Nc4ccc(C#N)c(Cl)c4)nc3N)cccc2c1. The van der Waals surface area contributed by atoms with Crippen molar-refractivity contribution >= 4 is 51.9 Å². The fraction of sp³-hybridized carbons (Fsp3) is 0.0476. The Hall–Kier alpha value is -3.72. The zero-order chi connectivity index (χ0) is 21.1. The molecule has 4 rings (SSSR count). The lowest BCUT2D eigenvalue weighted by molar-refractivity contribution is 1.02. The molecule has 0 unspecified atom stereocenters. The van der Waals surface area contributed by atoms with Crippen molar-refractivity contribution in [3.63, 3.8) is 0 Å². The van der Waals surface area contributed by atoms with Crippen molar-refractivity contribution < 1.29 is 0 Å². The van der Waals surface area contributed by atoms with Gasteiger partial charge in [0.1, 0.15) is 6.07 Å². The van der Waals surface area contributed by atoms with Crippen LogP contribution < -0.4 is 11.1 Å². The molecule has 3 aromatic carbocycles. The molecule has 4 aromatic rings. The van der Waals surface area contributed by atoms with Gasteiger partial charge in [0.05, 0.1) is 23.1 Å². The molecule has 0 saturated carbocycles. The third-order valence-corrected chi connectivity index (χ3v) is 5.63. The van der Waals surface area contributed by atoms with Crippen molar-refractivity contribution in [2.75, 3.05) is 11.1 Å². The lowest BCUT2D eigenvalue weighted by Gasteiger charge is -2.07. The first-order valence-electron chi connectivity index (χ1n) is 8.83. The first-order valence-corrected chi connectivity index (χ1v) is 9.98. The molecule has 146 valence electrons. The number of nitriles is 2. The molecule has 1 heterocycles. The maximum atomic E-state index is 8.98. The van der Waals surface area contributed by atoms with E-state index in [1.807, 2.05) is 42.5 Å². The zero-order valence-electron chi connectivity index (χ0n) is 15.5. The number of nitrogens with zero attached hydrogens (tertiary/aromatic N) is 5. The van der Waals surface area contributed by atoms with Gasteiger partial charge in [0.25, 0.3) is 0 Å². The number of benzene rings is 3. The van der Waals surface area contributed by atoms with Gasteiger partial charge in [0, 0.05) is 22.5 Å².